The van der Waals surface area contributed by atoms with E-state index in [0.29, 0.717) is 30.8 Å². The van der Waals surface area contributed by atoms with E-state index < -0.39 is 9.84 Å². The van der Waals surface area contributed by atoms with Crippen LogP contribution in [0.5, 0.6) is 0 Å². The molecule has 2 N–H and O–H groups in total. The van der Waals surface area contributed by atoms with Crippen molar-refractivity contribution in [2.45, 2.75) is 62.7 Å². The predicted octanol–water partition coefficient (Wildman–Crippen LogP) is 7.12. The monoisotopic (exact) mass is 649 g/mol. The van der Waals surface area contributed by atoms with Crippen molar-refractivity contribution in [3.05, 3.63) is 136 Å². The smallest absolute Gasteiger partial charge is 0.209 e. The van der Waals surface area contributed by atoms with Crippen molar-refractivity contribution in [1.29, 1.82) is 0 Å². The molecule has 47 heavy (non-hydrogen) atoms. The number of rotatable bonds is 9. The number of anilines is 1. The summed E-state index contributed by atoms with van der Waals surface area (Å²) in [4.78, 5) is 2.80. The van der Waals surface area contributed by atoms with E-state index in [9.17, 15) is 18.6 Å². The maximum Gasteiger partial charge on any atom is 0.209 e. The van der Waals surface area contributed by atoms with Crippen LogP contribution in [-0.2, 0) is 20.7 Å². The summed E-state index contributed by atoms with van der Waals surface area (Å²) in [6.07, 6.45) is 10.2. The molecule has 0 saturated carbocycles. The second kappa shape index (κ2) is 12.9. The Morgan fingerprint density at radius 2 is 1.47 bits per heavy atom. The SMILES string of the molecule is CC1(C)C(/C=C/C2=C(S(=O)(=O)c3ccccc3)C(=C/C=C3/N(CCO)c4ccccc4C3(C)C)/CCC2)=[N+](CCO)c2ccccc21. The normalized spacial score (nSPS) is 20.5. The van der Waals surface area contributed by atoms with Crippen LogP contribution in [0.1, 0.15) is 58.1 Å². The number of aliphatic hydroxyl groups is 2. The standard InChI is InChI=1S/C40H45N2O4S/c1-39(2)32-17-8-10-19-34(32)41(25-27-43)36(39)23-21-29-13-12-14-30(38(29)47(45,46)31-15-6-5-7-16-31)22-24-37-40(3,4)33-18-9-11-20-35(33)42(37)26-28-44/h5-11,15-24,43-44H,12-14,25-28H2,1-4H3/q+1. The molecule has 3 aliphatic rings. The number of allylic oxidation sites excluding steroid dienone is 7. The van der Waals surface area contributed by atoms with Crippen LogP contribution in [-0.4, -0.2) is 55.2 Å². The lowest BCUT2D eigenvalue weighted by molar-refractivity contribution is -0.441. The molecule has 3 aromatic carbocycles. The third-order valence-electron chi connectivity index (χ3n) is 9.93. The number of aliphatic hydroxyl groups excluding tert-OH is 2. The Hall–Kier alpha value is -4.04. The molecule has 3 aromatic rings. The van der Waals surface area contributed by atoms with Crippen LogP contribution in [0.25, 0.3) is 0 Å². The third-order valence-corrected chi connectivity index (χ3v) is 11.9. The van der Waals surface area contributed by atoms with Crippen LogP contribution in [0.15, 0.2) is 130 Å². The van der Waals surface area contributed by atoms with Crippen molar-refractivity contribution in [2.24, 2.45) is 0 Å². The van der Waals surface area contributed by atoms with Gasteiger partial charge in [-0.05, 0) is 74.1 Å². The lowest BCUT2D eigenvalue weighted by atomic mass is 9.81. The van der Waals surface area contributed by atoms with Crippen molar-refractivity contribution in [3.8, 4) is 0 Å². The summed E-state index contributed by atoms with van der Waals surface area (Å²) in [6.45, 7) is 9.63. The first-order chi connectivity index (χ1) is 22.5. The van der Waals surface area contributed by atoms with Gasteiger partial charge in [0, 0.05) is 41.1 Å². The van der Waals surface area contributed by atoms with Gasteiger partial charge in [-0.25, -0.2) is 8.42 Å². The molecule has 2 heterocycles. The van der Waals surface area contributed by atoms with E-state index in [1.165, 1.54) is 11.1 Å². The van der Waals surface area contributed by atoms with Crippen molar-refractivity contribution >= 4 is 26.9 Å². The fourth-order valence-corrected chi connectivity index (χ4v) is 9.39. The number of fused-ring (bicyclic) bond motifs is 2. The number of hydrogen-bond donors (Lipinski definition) is 2. The number of nitrogens with zero attached hydrogens (tertiary/aromatic N) is 2. The molecule has 0 saturated heterocycles. The molecule has 0 unspecified atom stereocenters. The Kier molecular flexibility index (Phi) is 9.00. The second-order valence-corrected chi connectivity index (χ2v) is 15.4. The highest BCUT2D eigenvalue weighted by Gasteiger charge is 2.44. The molecule has 6 rings (SSSR count). The van der Waals surface area contributed by atoms with Crippen LogP contribution in [0.2, 0.25) is 0 Å². The number of benzene rings is 3. The number of β-amino-alcohol motifs (C(OH)–C–C–N with tert-alkyl or cyclic N) is 2. The zero-order valence-electron chi connectivity index (χ0n) is 27.8. The van der Waals surface area contributed by atoms with Crippen LogP contribution >= 0.6 is 0 Å². The average molecular weight is 650 g/mol. The van der Waals surface area contributed by atoms with Crippen LogP contribution in [0, 0.1) is 0 Å². The molecular formula is C40H45N2O4S+. The minimum atomic E-state index is -3.85. The van der Waals surface area contributed by atoms with Gasteiger partial charge in [-0.1, -0.05) is 80.6 Å². The molecule has 6 nitrogen and oxygen atoms in total. The quantitative estimate of drug-likeness (QED) is 0.241. The number of hydrogen-bond acceptors (Lipinski definition) is 5. The minimum Gasteiger partial charge on any atom is -0.395 e. The van der Waals surface area contributed by atoms with Gasteiger partial charge in [0.25, 0.3) is 0 Å². The summed E-state index contributed by atoms with van der Waals surface area (Å²) >= 11 is 0. The third kappa shape index (κ3) is 5.75. The van der Waals surface area contributed by atoms with E-state index >= 15 is 0 Å². The topological polar surface area (TPSA) is 80.8 Å². The van der Waals surface area contributed by atoms with Gasteiger partial charge >= 0.3 is 0 Å². The van der Waals surface area contributed by atoms with Gasteiger partial charge in [-0.15, -0.1) is 0 Å². The highest BCUT2D eigenvalue weighted by atomic mass is 32.2. The van der Waals surface area contributed by atoms with E-state index in [4.69, 9.17) is 0 Å². The van der Waals surface area contributed by atoms with E-state index in [0.717, 1.165) is 40.4 Å². The Labute approximate surface area is 279 Å². The fraction of sp³-hybridized carbons (Fsp3) is 0.325. The molecule has 0 atom stereocenters. The first-order valence-electron chi connectivity index (χ1n) is 16.5. The number of para-hydroxylation sites is 2. The van der Waals surface area contributed by atoms with E-state index in [-0.39, 0.29) is 28.9 Å². The Balaban J connectivity index is 1.51. The van der Waals surface area contributed by atoms with Crippen molar-refractivity contribution in [2.75, 3.05) is 31.2 Å². The molecule has 244 valence electrons. The van der Waals surface area contributed by atoms with E-state index in [1.54, 1.807) is 24.3 Å². The lowest BCUT2D eigenvalue weighted by Gasteiger charge is -2.27. The van der Waals surface area contributed by atoms with Gasteiger partial charge in [0.05, 0.1) is 21.8 Å². The molecule has 2 aliphatic heterocycles. The first kappa shape index (κ1) is 32.9. The van der Waals surface area contributed by atoms with E-state index in [1.807, 2.05) is 42.5 Å². The maximum atomic E-state index is 14.5. The van der Waals surface area contributed by atoms with Crippen molar-refractivity contribution in [3.63, 3.8) is 0 Å². The highest BCUT2D eigenvalue weighted by molar-refractivity contribution is 7.95. The van der Waals surface area contributed by atoms with Crippen LogP contribution in [0.4, 0.5) is 11.4 Å². The Morgan fingerprint density at radius 3 is 2.19 bits per heavy atom. The van der Waals surface area contributed by atoms with Gasteiger partial charge in [0.15, 0.2) is 12.3 Å². The molecule has 0 spiro atoms. The maximum absolute atomic E-state index is 14.5. The molecule has 0 radical (unpaired) electrons. The van der Waals surface area contributed by atoms with Gasteiger partial charge in [-0.3, -0.25) is 0 Å². The molecule has 1 aliphatic carbocycles. The molecule has 0 aromatic heterocycles. The van der Waals surface area contributed by atoms with Gasteiger partial charge in [-0.2, -0.15) is 4.58 Å². The van der Waals surface area contributed by atoms with E-state index in [2.05, 4.69) is 73.6 Å². The predicted molar refractivity (Wildman–Crippen MR) is 190 cm³/mol. The minimum absolute atomic E-state index is 0.00710. The Bertz CT molecular complexity index is 1950. The van der Waals surface area contributed by atoms with Crippen LogP contribution < -0.4 is 4.90 Å². The van der Waals surface area contributed by atoms with Crippen LogP contribution in [0.3, 0.4) is 0 Å². The molecular weight excluding hydrogens is 605 g/mol. The summed E-state index contributed by atoms with van der Waals surface area (Å²) in [5.74, 6) is 0. The molecule has 0 amide bonds. The summed E-state index contributed by atoms with van der Waals surface area (Å²) in [5, 5.41) is 19.9. The van der Waals surface area contributed by atoms with Crippen molar-refractivity contribution < 1.29 is 23.2 Å². The summed E-state index contributed by atoms with van der Waals surface area (Å²) in [5.41, 5.74) is 7.49. The summed E-state index contributed by atoms with van der Waals surface area (Å²) in [6, 6.07) is 25.2. The average Bonchev–Trinajstić information content (AvgIpc) is 3.41. The highest BCUT2D eigenvalue weighted by Crippen LogP contribution is 2.48. The largest absolute Gasteiger partial charge is 0.395 e. The first-order valence-corrected chi connectivity index (χ1v) is 18.0. The van der Waals surface area contributed by atoms with Crippen molar-refractivity contribution in [1.82, 2.24) is 0 Å². The van der Waals surface area contributed by atoms with Gasteiger partial charge < -0.3 is 15.1 Å². The second-order valence-electron chi connectivity index (χ2n) is 13.5. The molecule has 0 bridgehead atoms. The lowest BCUT2D eigenvalue weighted by Crippen LogP contribution is -2.28. The Morgan fingerprint density at radius 1 is 0.787 bits per heavy atom. The number of sulfone groups is 1. The summed E-state index contributed by atoms with van der Waals surface area (Å²) < 4.78 is 31.1. The zero-order valence-corrected chi connectivity index (χ0v) is 28.6. The van der Waals surface area contributed by atoms with Gasteiger partial charge in [0.2, 0.25) is 15.5 Å². The van der Waals surface area contributed by atoms with Gasteiger partial charge in [0.1, 0.15) is 6.61 Å². The molecule has 7 heteroatoms. The fourth-order valence-electron chi connectivity index (χ4n) is 7.61. The molecule has 0 fully saturated rings. The zero-order chi connectivity index (χ0) is 33.4. The summed E-state index contributed by atoms with van der Waals surface area (Å²) in [7, 11) is -3.85.